The molecule has 0 radical (unpaired) electrons. The zero-order valence-corrected chi connectivity index (χ0v) is 22.2. The average Bonchev–Trinajstić information content (AvgIpc) is 2.87. The van der Waals surface area contributed by atoms with Crippen molar-refractivity contribution in [3.63, 3.8) is 0 Å². The Morgan fingerprint density at radius 3 is 2.56 bits per heavy atom. The lowest BCUT2D eigenvalue weighted by molar-refractivity contribution is 0.304. The van der Waals surface area contributed by atoms with Crippen molar-refractivity contribution in [1.82, 2.24) is 19.5 Å². The number of benzene rings is 1. The molecule has 0 saturated heterocycles. The van der Waals surface area contributed by atoms with Crippen LogP contribution in [0.15, 0.2) is 53.6 Å². The molecule has 1 aromatic carbocycles. The zero-order chi connectivity index (χ0) is 26.0. The summed E-state index contributed by atoms with van der Waals surface area (Å²) in [5, 5.41) is 0.263. The molecule has 0 aliphatic rings. The van der Waals surface area contributed by atoms with Gasteiger partial charge in [0.15, 0.2) is 0 Å². The molecule has 3 heterocycles. The maximum atomic E-state index is 13.4. The van der Waals surface area contributed by atoms with Gasteiger partial charge in [0.25, 0.3) is 5.56 Å². The Morgan fingerprint density at radius 1 is 1.06 bits per heavy atom. The molecule has 7 nitrogen and oxygen atoms in total. The van der Waals surface area contributed by atoms with Gasteiger partial charge < -0.3 is 9.47 Å². The monoisotopic (exact) mass is 524 g/mol. The highest BCUT2D eigenvalue weighted by Crippen LogP contribution is 2.30. The van der Waals surface area contributed by atoms with E-state index in [4.69, 9.17) is 32.7 Å². The molecule has 0 spiro atoms. The van der Waals surface area contributed by atoms with Crippen LogP contribution in [-0.4, -0.2) is 26.6 Å². The largest absolute Gasteiger partial charge is 0.497 e. The summed E-state index contributed by atoms with van der Waals surface area (Å²) in [7, 11) is 1.60. The lowest BCUT2D eigenvalue weighted by atomic mass is 10.1. The van der Waals surface area contributed by atoms with Gasteiger partial charge >= 0.3 is 0 Å². The van der Waals surface area contributed by atoms with Gasteiger partial charge in [-0.3, -0.25) is 14.3 Å². The number of halogens is 2. The molecule has 0 aliphatic heterocycles. The van der Waals surface area contributed by atoms with E-state index in [1.807, 2.05) is 45.0 Å². The van der Waals surface area contributed by atoms with Crippen LogP contribution in [0.1, 0.15) is 42.4 Å². The van der Waals surface area contributed by atoms with Gasteiger partial charge in [-0.1, -0.05) is 49.2 Å². The van der Waals surface area contributed by atoms with Gasteiger partial charge in [-0.2, -0.15) is 0 Å². The summed E-state index contributed by atoms with van der Waals surface area (Å²) in [5.41, 5.74) is 3.62. The van der Waals surface area contributed by atoms with E-state index in [1.165, 1.54) is 10.8 Å². The Hall–Kier alpha value is -3.42. The van der Waals surface area contributed by atoms with Gasteiger partial charge in [-0.05, 0) is 43.2 Å². The van der Waals surface area contributed by atoms with Crippen LogP contribution >= 0.6 is 23.2 Å². The van der Waals surface area contributed by atoms with E-state index in [0.717, 1.165) is 16.9 Å². The molecule has 0 bridgehead atoms. The Labute approximate surface area is 219 Å². The molecular weight excluding hydrogens is 499 g/mol. The number of hydrogen-bond donors (Lipinski definition) is 0. The number of rotatable bonds is 7. The predicted octanol–water partition coefficient (Wildman–Crippen LogP) is 6.32. The Bertz CT molecular complexity index is 1480. The third kappa shape index (κ3) is 5.22. The number of hydrogen-bond acceptors (Lipinski definition) is 6. The van der Waals surface area contributed by atoms with Crippen LogP contribution in [0.3, 0.4) is 0 Å². The van der Waals surface area contributed by atoms with Crippen LogP contribution in [0.2, 0.25) is 10.0 Å². The van der Waals surface area contributed by atoms with Crippen LogP contribution in [0.25, 0.3) is 17.1 Å². The first-order valence-corrected chi connectivity index (χ1v) is 12.1. The quantitative estimate of drug-likeness (QED) is 0.281. The summed E-state index contributed by atoms with van der Waals surface area (Å²) >= 11 is 13.0. The predicted molar refractivity (Wildman–Crippen MR) is 142 cm³/mol. The number of aromatic nitrogens is 4. The smallest absolute Gasteiger partial charge is 0.277 e. The van der Waals surface area contributed by atoms with Crippen molar-refractivity contribution < 1.29 is 9.47 Å². The Balaban J connectivity index is 1.73. The molecule has 0 aliphatic carbocycles. The van der Waals surface area contributed by atoms with E-state index in [-0.39, 0.29) is 23.3 Å². The second-order valence-corrected chi connectivity index (χ2v) is 9.47. The second-order valence-electron chi connectivity index (χ2n) is 8.68. The molecule has 0 atom stereocenters. The summed E-state index contributed by atoms with van der Waals surface area (Å²) in [5.74, 6) is 1.88. The molecule has 0 saturated carbocycles. The van der Waals surface area contributed by atoms with Crippen molar-refractivity contribution in [2.75, 3.05) is 7.11 Å². The second kappa shape index (κ2) is 10.7. The minimum atomic E-state index is -0.446. The fraction of sp³-hybridized carbons (Fsp3) is 0.259. The van der Waals surface area contributed by atoms with E-state index in [1.54, 1.807) is 32.4 Å². The van der Waals surface area contributed by atoms with Crippen molar-refractivity contribution in [2.45, 2.75) is 40.2 Å². The normalized spacial score (nSPS) is 11.1. The molecule has 3 aromatic heterocycles. The lowest BCUT2D eigenvalue weighted by Crippen LogP contribution is -2.22. The average molecular weight is 525 g/mol. The first-order chi connectivity index (χ1) is 17.2. The third-order valence-corrected chi connectivity index (χ3v) is 6.29. The van der Waals surface area contributed by atoms with Crippen molar-refractivity contribution in [3.05, 3.63) is 91.8 Å². The van der Waals surface area contributed by atoms with Crippen LogP contribution < -0.4 is 15.0 Å². The molecule has 4 aromatic rings. The van der Waals surface area contributed by atoms with Crippen molar-refractivity contribution >= 4 is 23.2 Å². The van der Waals surface area contributed by atoms with E-state index in [0.29, 0.717) is 33.6 Å². The van der Waals surface area contributed by atoms with Crippen LogP contribution in [0.5, 0.6) is 11.5 Å². The highest BCUT2D eigenvalue weighted by atomic mass is 35.5. The van der Waals surface area contributed by atoms with Gasteiger partial charge in [-0.25, -0.2) is 9.97 Å². The van der Waals surface area contributed by atoms with Gasteiger partial charge in [0.05, 0.1) is 29.2 Å². The van der Waals surface area contributed by atoms with Crippen molar-refractivity contribution in [1.29, 1.82) is 0 Å². The maximum Gasteiger partial charge on any atom is 0.277 e. The number of methoxy groups -OCH3 is 1. The SMILES string of the molecule is COc1cccc(COc2cc(C)n(-c3cc(-c4nc(C(C)C)ncc4C)ncc3Cl)c(=O)c2Cl)c1. The van der Waals surface area contributed by atoms with E-state index in [2.05, 4.69) is 15.0 Å². The standard InChI is InChI=1S/C27H26Cl2N4O3/c1-15(2)26-31-12-16(3)25(32-26)21-11-22(20(28)13-30-21)33-17(4)9-23(24(29)27(33)34)36-14-18-7-6-8-19(10-18)35-5/h6-13,15H,14H2,1-5H3. The summed E-state index contributed by atoms with van der Waals surface area (Å²) < 4.78 is 12.6. The van der Waals surface area contributed by atoms with E-state index >= 15 is 0 Å². The first kappa shape index (κ1) is 25.7. The molecule has 0 fully saturated rings. The summed E-state index contributed by atoms with van der Waals surface area (Å²) in [4.78, 5) is 26.9. The number of nitrogens with zero attached hydrogens (tertiary/aromatic N) is 4. The highest BCUT2D eigenvalue weighted by Gasteiger charge is 2.18. The highest BCUT2D eigenvalue weighted by molar-refractivity contribution is 6.33. The summed E-state index contributed by atoms with van der Waals surface area (Å²) in [6.07, 6.45) is 3.28. The van der Waals surface area contributed by atoms with Gasteiger partial charge in [-0.15, -0.1) is 0 Å². The van der Waals surface area contributed by atoms with Gasteiger partial charge in [0.1, 0.15) is 29.0 Å². The summed E-state index contributed by atoms with van der Waals surface area (Å²) in [6, 6.07) is 10.9. The molecule has 0 unspecified atom stereocenters. The number of pyridine rings is 2. The van der Waals surface area contributed by atoms with Crippen LogP contribution in [0.4, 0.5) is 0 Å². The minimum Gasteiger partial charge on any atom is -0.497 e. The molecule has 36 heavy (non-hydrogen) atoms. The lowest BCUT2D eigenvalue weighted by Gasteiger charge is -2.16. The summed E-state index contributed by atoms with van der Waals surface area (Å²) in [6.45, 7) is 7.98. The van der Waals surface area contributed by atoms with E-state index < -0.39 is 5.56 Å². The van der Waals surface area contributed by atoms with Crippen molar-refractivity contribution in [3.8, 4) is 28.6 Å². The molecule has 0 amide bonds. The molecular formula is C27H26Cl2N4O3. The molecule has 9 heteroatoms. The first-order valence-electron chi connectivity index (χ1n) is 11.4. The zero-order valence-electron chi connectivity index (χ0n) is 20.7. The Morgan fingerprint density at radius 2 is 1.83 bits per heavy atom. The fourth-order valence-electron chi connectivity index (χ4n) is 3.73. The minimum absolute atomic E-state index is 0.0433. The maximum absolute atomic E-state index is 13.4. The fourth-order valence-corrected chi connectivity index (χ4v) is 4.11. The topological polar surface area (TPSA) is 79.1 Å². The molecule has 4 rings (SSSR count). The van der Waals surface area contributed by atoms with E-state index in [9.17, 15) is 4.79 Å². The Kier molecular flexibility index (Phi) is 7.62. The van der Waals surface area contributed by atoms with Crippen LogP contribution in [0, 0.1) is 13.8 Å². The van der Waals surface area contributed by atoms with Crippen LogP contribution in [-0.2, 0) is 6.61 Å². The third-order valence-electron chi connectivity index (χ3n) is 5.65. The molecule has 186 valence electrons. The van der Waals surface area contributed by atoms with Gasteiger partial charge in [0.2, 0.25) is 0 Å². The van der Waals surface area contributed by atoms with Gasteiger partial charge in [0, 0.05) is 30.1 Å². The van der Waals surface area contributed by atoms with Crippen molar-refractivity contribution in [2.24, 2.45) is 0 Å². The number of aryl methyl sites for hydroxylation is 2. The number of ether oxygens (including phenoxy) is 2. The molecule has 0 N–H and O–H groups in total.